The first-order valence-electron chi connectivity index (χ1n) is 22.5. The van der Waals surface area contributed by atoms with Crippen molar-refractivity contribution >= 4 is 54.5 Å². The van der Waals surface area contributed by atoms with Gasteiger partial charge in [0.2, 0.25) is 0 Å². The van der Waals surface area contributed by atoms with Crippen LogP contribution in [0.25, 0.3) is 66.1 Å². The molecule has 0 heterocycles. The van der Waals surface area contributed by atoms with Crippen LogP contribution in [0.3, 0.4) is 0 Å². The Hall–Kier alpha value is -6.22. The highest BCUT2D eigenvalue weighted by Crippen LogP contribution is 2.45. The lowest BCUT2D eigenvalue weighted by Crippen LogP contribution is -2.09. The quantitative estimate of drug-likeness (QED) is 0.0984. The minimum absolute atomic E-state index is 1.05. The van der Waals surface area contributed by atoms with E-state index in [1.807, 2.05) is 0 Å². The minimum Gasteiger partial charge on any atom is -0.311 e. The molecule has 0 radical (unpaired) electrons. The zero-order valence-electron chi connectivity index (χ0n) is 36.2. The largest absolute Gasteiger partial charge is 0.311 e. The van der Waals surface area contributed by atoms with Crippen molar-refractivity contribution in [2.45, 2.75) is 65.7 Å². The highest BCUT2D eigenvalue weighted by molar-refractivity contribution is 9.10. The molecule has 0 spiro atoms. The van der Waals surface area contributed by atoms with Gasteiger partial charge in [-0.15, -0.1) is 0 Å². The molecule has 0 unspecified atom stereocenters. The summed E-state index contributed by atoms with van der Waals surface area (Å²) in [5.41, 5.74) is 17.7. The lowest BCUT2D eigenvalue weighted by Gasteiger charge is -2.26. The molecule has 62 heavy (non-hydrogen) atoms. The van der Waals surface area contributed by atoms with Gasteiger partial charge in [-0.2, -0.15) is 0 Å². The first-order valence-corrected chi connectivity index (χ1v) is 23.3. The molecule has 1 nitrogen and oxygen atoms in total. The molecule has 0 N–H and O–H groups in total. The summed E-state index contributed by atoms with van der Waals surface area (Å²) >= 11 is 3.59. The number of anilines is 3. The van der Waals surface area contributed by atoms with Crippen LogP contribution in [0.2, 0.25) is 0 Å². The van der Waals surface area contributed by atoms with E-state index in [4.69, 9.17) is 0 Å². The standard InChI is InChI=1S/C60H54BrN/c1-4-6-8-15-50-41-58(56-17-11-12-18-57(56)60(50)59-49(13-7-5-2)24-23-47-14-9-10-16-55(47)59)48-31-39-54(40-32-48)62(52-35-27-45(28-36-52)43-21-19-42(3)20-22-43)53-37-29-46(30-38-53)44-25-33-51(61)34-26-44/h9-12,14,16-41H,4-8,13,15H2,1-3H3. The smallest absolute Gasteiger partial charge is 0.0462 e. The first kappa shape index (κ1) is 41.1. The Balaban J connectivity index is 1.16. The summed E-state index contributed by atoms with van der Waals surface area (Å²) in [6.45, 7) is 6.74. The molecule has 0 fully saturated rings. The van der Waals surface area contributed by atoms with Gasteiger partial charge in [-0.3, -0.25) is 0 Å². The van der Waals surface area contributed by atoms with Crippen molar-refractivity contribution in [1.82, 2.24) is 0 Å². The number of aryl methyl sites for hydroxylation is 3. The van der Waals surface area contributed by atoms with Crippen LogP contribution in [-0.4, -0.2) is 0 Å². The van der Waals surface area contributed by atoms with E-state index in [2.05, 4.69) is 230 Å². The van der Waals surface area contributed by atoms with Gasteiger partial charge in [0.25, 0.3) is 0 Å². The minimum atomic E-state index is 1.05. The number of hydrogen-bond acceptors (Lipinski definition) is 1. The van der Waals surface area contributed by atoms with E-state index in [9.17, 15) is 0 Å². The molecule has 0 saturated heterocycles. The summed E-state index contributed by atoms with van der Waals surface area (Å²) in [5, 5.41) is 5.31. The number of unbranched alkanes of at least 4 members (excludes halogenated alkanes) is 3. The van der Waals surface area contributed by atoms with Gasteiger partial charge in [-0.1, -0.05) is 188 Å². The van der Waals surface area contributed by atoms with E-state index < -0.39 is 0 Å². The molecule has 306 valence electrons. The van der Waals surface area contributed by atoms with Crippen molar-refractivity contribution in [3.63, 3.8) is 0 Å². The summed E-state index contributed by atoms with van der Waals surface area (Å²) in [6, 6.07) is 70.0. The van der Waals surface area contributed by atoms with Crippen LogP contribution in [0.5, 0.6) is 0 Å². The van der Waals surface area contributed by atoms with Gasteiger partial charge in [-0.05, 0) is 164 Å². The van der Waals surface area contributed by atoms with Gasteiger partial charge in [0.1, 0.15) is 0 Å². The molecule has 0 aliphatic rings. The van der Waals surface area contributed by atoms with Crippen LogP contribution < -0.4 is 4.90 Å². The topological polar surface area (TPSA) is 3.24 Å². The molecule has 0 bridgehead atoms. The third-order valence-corrected chi connectivity index (χ3v) is 13.0. The second-order valence-corrected chi connectivity index (χ2v) is 17.6. The zero-order valence-corrected chi connectivity index (χ0v) is 37.8. The van der Waals surface area contributed by atoms with Crippen LogP contribution in [0.1, 0.15) is 62.6 Å². The highest BCUT2D eigenvalue weighted by atomic mass is 79.9. The molecular weight excluding hydrogens is 815 g/mol. The molecule has 0 aliphatic carbocycles. The summed E-state index contributed by atoms with van der Waals surface area (Å²) in [7, 11) is 0. The van der Waals surface area contributed by atoms with Gasteiger partial charge in [0.15, 0.2) is 0 Å². The molecular formula is C60H54BrN. The van der Waals surface area contributed by atoms with Crippen LogP contribution in [0, 0.1) is 6.92 Å². The van der Waals surface area contributed by atoms with Crippen LogP contribution in [0.4, 0.5) is 17.1 Å². The van der Waals surface area contributed by atoms with Crippen molar-refractivity contribution in [3.8, 4) is 44.5 Å². The van der Waals surface area contributed by atoms with Crippen molar-refractivity contribution in [1.29, 1.82) is 0 Å². The Bertz CT molecular complexity index is 2840. The van der Waals surface area contributed by atoms with Crippen LogP contribution in [0.15, 0.2) is 193 Å². The fraction of sp³-hybridized carbons (Fsp3) is 0.167. The third kappa shape index (κ3) is 8.63. The molecule has 9 aromatic rings. The molecule has 2 heteroatoms. The van der Waals surface area contributed by atoms with Crippen molar-refractivity contribution in [2.24, 2.45) is 0 Å². The second kappa shape index (κ2) is 18.8. The van der Waals surface area contributed by atoms with Crippen LogP contribution >= 0.6 is 15.9 Å². The molecule has 0 aromatic heterocycles. The molecule has 0 aliphatic heterocycles. The van der Waals surface area contributed by atoms with Gasteiger partial charge in [0.05, 0.1) is 0 Å². The van der Waals surface area contributed by atoms with E-state index >= 15 is 0 Å². The fourth-order valence-electron chi connectivity index (χ4n) is 9.15. The third-order valence-electron chi connectivity index (χ3n) is 12.5. The average Bonchev–Trinajstić information content (AvgIpc) is 3.32. The van der Waals surface area contributed by atoms with Gasteiger partial charge >= 0.3 is 0 Å². The number of rotatable bonds is 14. The maximum atomic E-state index is 3.59. The SMILES string of the molecule is CCCCCc1cc(-c2ccc(N(c3ccc(-c4ccc(C)cc4)cc3)c3ccc(-c4ccc(Br)cc4)cc3)cc2)c2ccccc2c1-c1c(CCCC)ccc2ccccc12. The Morgan fingerprint density at radius 2 is 0.871 bits per heavy atom. The Labute approximate surface area is 376 Å². The predicted molar refractivity (Wildman–Crippen MR) is 272 cm³/mol. The highest BCUT2D eigenvalue weighted by Gasteiger charge is 2.20. The van der Waals surface area contributed by atoms with Crippen molar-refractivity contribution < 1.29 is 0 Å². The molecule has 9 aromatic carbocycles. The predicted octanol–water partition coefficient (Wildman–Crippen LogP) is 18.3. The second-order valence-electron chi connectivity index (χ2n) is 16.7. The van der Waals surface area contributed by atoms with Crippen LogP contribution in [-0.2, 0) is 12.8 Å². The van der Waals surface area contributed by atoms with E-state index in [0.717, 1.165) is 34.4 Å². The molecule has 0 atom stereocenters. The number of benzene rings is 9. The van der Waals surface area contributed by atoms with Gasteiger partial charge < -0.3 is 4.90 Å². The molecule has 0 saturated carbocycles. The number of nitrogens with zero attached hydrogens (tertiary/aromatic N) is 1. The van der Waals surface area contributed by atoms with Crippen molar-refractivity contribution in [3.05, 3.63) is 209 Å². The summed E-state index contributed by atoms with van der Waals surface area (Å²) in [4.78, 5) is 2.38. The van der Waals surface area contributed by atoms with E-state index in [1.54, 1.807) is 0 Å². The van der Waals surface area contributed by atoms with E-state index in [1.165, 1.54) is 115 Å². The van der Waals surface area contributed by atoms with E-state index in [0.29, 0.717) is 0 Å². The molecule has 9 rings (SSSR count). The summed E-state index contributed by atoms with van der Waals surface area (Å²) < 4.78 is 1.08. The maximum absolute atomic E-state index is 3.59. The fourth-order valence-corrected chi connectivity index (χ4v) is 9.41. The Kier molecular flexibility index (Phi) is 12.5. The Morgan fingerprint density at radius 1 is 0.403 bits per heavy atom. The normalized spacial score (nSPS) is 11.4. The number of fused-ring (bicyclic) bond motifs is 2. The van der Waals surface area contributed by atoms with Gasteiger partial charge in [0, 0.05) is 21.5 Å². The summed E-state index contributed by atoms with van der Waals surface area (Å²) in [5.74, 6) is 0. The van der Waals surface area contributed by atoms with Gasteiger partial charge in [-0.25, -0.2) is 0 Å². The number of hydrogen-bond donors (Lipinski definition) is 0. The lowest BCUT2D eigenvalue weighted by molar-refractivity contribution is 0.718. The first-order chi connectivity index (χ1) is 30.5. The molecule has 0 amide bonds. The van der Waals surface area contributed by atoms with E-state index in [-0.39, 0.29) is 0 Å². The summed E-state index contributed by atoms with van der Waals surface area (Å²) in [6.07, 6.45) is 8.10. The lowest BCUT2D eigenvalue weighted by atomic mass is 9.82. The number of halogens is 1. The Morgan fingerprint density at radius 3 is 1.45 bits per heavy atom. The zero-order chi connectivity index (χ0) is 42.4. The monoisotopic (exact) mass is 867 g/mol. The average molecular weight is 869 g/mol. The van der Waals surface area contributed by atoms with Crippen molar-refractivity contribution in [2.75, 3.05) is 4.90 Å². The maximum Gasteiger partial charge on any atom is 0.0462 e.